The Kier molecular flexibility index (Phi) is 5.02. The van der Waals surface area contributed by atoms with Crippen molar-refractivity contribution < 1.29 is 4.79 Å². The van der Waals surface area contributed by atoms with Crippen LogP contribution in [-0.4, -0.2) is 11.7 Å². The maximum atomic E-state index is 10.7. The molecule has 0 spiro atoms. The Labute approximate surface area is 123 Å². The number of carbonyl (C=O) groups is 1. The Balaban J connectivity index is 2.15. The van der Waals surface area contributed by atoms with Crippen LogP contribution in [-0.2, 0) is 4.79 Å². The summed E-state index contributed by atoms with van der Waals surface area (Å²) in [4.78, 5) is 12.0. The van der Waals surface area contributed by atoms with Gasteiger partial charge in [-0.3, -0.25) is 4.79 Å². The van der Waals surface area contributed by atoms with Gasteiger partial charge >= 0.3 is 0 Å². The van der Waals surface area contributed by atoms with Gasteiger partial charge in [-0.1, -0.05) is 43.3 Å². The van der Waals surface area contributed by atoms with Crippen LogP contribution in [0.4, 0.5) is 0 Å². The number of hydrogen-bond acceptors (Lipinski definition) is 2. The molecule has 20 heavy (non-hydrogen) atoms. The lowest BCUT2D eigenvalue weighted by atomic mass is 10.0. The molecule has 2 nitrogen and oxygen atoms in total. The Morgan fingerprint density at radius 2 is 1.60 bits per heavy atom. The van der Waals surface area contributed by atoms with Gasteiger partial charge in [-0.2, -0.15) is 0 Å². The number of benzene rings is 2. The summed E-state index contributed by atoms with van der Waals surface area (Å²) in [6.07, 6.45) is 3.08. The summed E-state index contributed by atoms with van der Waals surface area (Å²) < 4.78 is 0. The second-order valence-electron chi connectivity index (χ2n) is 4.32. The molecule has 0 saturated heterocycles. The van der Waals surface area contributed by atoms with Crippen LogP contribution in [0.25, 0.3) is 17.2 Å². The standard InChI is InChI=1S/C17H17NOS/c1-2-20-16-10-8-15(9-11-16)14-6-3-13(4-7-14)5-12-17(18)19/h3-12H,2H2,1H3,(H2,18,19)/b12-5+. The second kappa shape index (κ2) is 6.96. The van der Waals surface area contributed by atoms with Gasteiger partial charge in [0.1, 0.15) is 0 Å². The zero-order valence-corrected chi connectivity index (χ0v) is 12.2. The summed E-state index contributed by atoms with van der Waals surface area (Å²) in [6.45, 7) is 2.15. The SMILES string of the molecule is CCSc1ccc(-c2ccc(/C=C/C(N)=O)cc2)cc1. The lowest BCUT2D eigenvalue weighted by molar-refractivity contribution is -0.113. The number of hydrogen-bond donors (Lipinski definition) is 1. The van der Waals surface area contributed by atoms with Crippen molar-refractivity contribution in [3.8, 4) is 11.1 Å². The van der Waals surface area contributed by atoms with Crippen molar-refractivity contribution in [2.24, 2.45) is 5.73 Å². The Bertz CT molecular complexity index is 600. The van der Waals surface area contributed by atoms with Crippen LogP contribution >= 0.6 is 11.8 Å². The maximum absolute atomic E-state index is 10.7. The molecule has 2 aromatic carbocycles. The first-order valence-electron chi connectivity index (χ1n) is 6.50. The summed E-state index contributed by atoms with van der Waals surface area (Å²) in [5.74, 6) is 0.651. The van der Waals surface area contributed by atoms with Crippen molar-refractivity contribution in [3.05, 3.63) is 60.2 Å². The van der Waals surface area contributed by atoms with Crippen molar-refractivity contribution in [1.29, 1.82) is 0 Å². The molecular weight excluding hydrogens is 266 g/mol. The molecule has 0 saturated carbocycles. The molecule has 0 atom stereocenters. The van der Waals surface area contributed by atoms with E-state index in [0.717, 1.165) is 16.9 Å². The van der Waals surface area contributed by atoms with Crippen LogP contribution in [0.15, 0.2) is 59.5 Å². The monoisotopic (exact) mass is 283 g/mol. The van der Waals surface area contributed by atoms with Crippen LogP contribution in [0.5, 0.6) is 0 Å². The van der Waals surface area contributed by atoms with Crippen molar-refractivity contribution in [2.75, 3.05) is 5.75 Å². The predicted molar refractivity (Wildman–Crippen MR) is 86.5 cm³/mol. The number of primary amides is 1. The molecular formula is C17H17NOS. The van der Waals surface area contributed by atoms with Gasteiger partial charge in [0.05, 0.1) is 0 Å². The van der Waals surface area contributed by atoms with Gasteiger partial charge in [-0.05, 0) is 40.7 Å². The highest BCUT2D eigenvalue weighted by Crippen LogP contribution is 2.24. The van der Waals surface area contributed by atoms with Crippen molar-refractivity contribution in [3.63, 3.8) is 0 Å². The molecule has 3 heteroatoms. The molecule has 0 aliphatic carbocycles. The van der Waals surface area contributed by atoms with E-state index < -0.39 is 5.91 Å². The summed E-state index contributed by atoms with van der Waals surface area (Å²) >= 11 is 1.84. The number of rotatable bonds is 5. The highest BCUT2D eigenvalue weighted by Gasteiger charge is 1.98. The highest BCUT2D eigenvalue weighted by atomic mass is 32.2. The fourth-order valence-electron chi connectivity index (χ4n) is 1.88. The van der Waals surface area contributed by atoms with E-state index in [-0.39, 0.29) is 0 Å². The molecule has 0 heterocycles. The first kappa shape index (κ1) is 14.4. The minimum atomic E-state index is -0.432. The zero-order chi connectivity index (χ0) is 14.4. The van der Waals surface area contributed by atoms with Crippen LogP contribution in [0, 0.1) is 0 Å². The minimum absolute atomic E-state index is 0.432. The summed E-state index contributed by atoms with van der Waals surface area (Å²) in [5.41, 5.74) is 8.39. The van der Waals surface area contributed by atoms with Crippen molar-refractivity contribution in [2.45, 2.75) is 11.8 Å². The summed E-state index contributed by atoms with van der Waals surface area (Å²) in [7, 11) is 0. The van der Waals surface area contributed by atoms with Gasteiger partial charge in [-0.15, -0.1) is 11.8 Å². The predicted octanol–water partition coefficient (Wildman–Crippen LogP) is 3.96. The molecule has 0 aliphatic heterocycles. The van der Waals surface area contributed by atoms with Gasteiger partial charge in [0.2, 0.25) is 5.91 Å². The average Bonchev–Trinajstić information content (AvgIpc) is 2.47. The van der Waals surface area contributed by atoms with E-state index in [9.17, 15) is 4.79 Å². The van der Waals surface area contributed by atoms with Gasteiger partial charge in [-0.25, -0.2) is 0 Å². The molecule has 0 aromatic heterocycles. The molecule has 2 aromatic rings. The van der Waals surface area contributed by atoms with Gasteiger partial charge in [0.25, 0.3) is 0 Å². The Morgan fingerprint density at radius 1 is 1.05 bits per heavy atom. The van der Waals surface area contributed by atoms with E-state index in [2.05, 4.69) is 31.2 Å². The lowest BCUT2D eigenvalue weighted by Crippen LogP contribution is -2.04. The molecule has 2 rings (SSSR count). The van der Waals surface area contributed by atoms with Crippen LogP contribution < -0.4 is 5.73 Å². The molecule has 1 amide bonds. The van der Waals surface area contributed by atoms with E-state index in [1.165, 1.54) is 16.5 Å². The quantitative estimate of drug-likeness (QED) is 0.666. The minimum Gasteiger partial charge on any atom is -0.366 e. The summed E-state index contributed by atoms with van der Waals surface area (Å²) in [5, 5.41) is 0. The first-order valence-corrected chi connectivity index (χ1v) is 7.48. The van der Waals surface area contributed by atoms with Gasteiger partial charge < -0.3 is 5.73 Å². The van der Waals surface area contributed by atoms with E-state index >= 15 is 0 Å². The highest BCUT2D eigenvalue weighted by molar-refractivity contribution is 7.99. The number of nitrogens with two attached hydrogens (primary N) is 1. The van der Waals surface area contributed by atoms with Gasteiger partial charge in [0, 0.05) is 11.0 Å². The third-order valence-electron chi connectivity index (χ3n) is 2.85. The Morgan fingerprint density at radius 3 is 2.10 bits per heavy atom. The van der Waals surface area contributed by atoms with E-state index in [1.54, 1.807) is 6.08 Å². The third-order valence-corrected chi connectivity index (χ3v) is 3.74. The topological polar surface area (TPSA) is 43.1 Å². The number of thioether (sulfide) groups is 1. The van der Waals surface area contributed by atoms with Crippen molar-refractivity contribution in [1.82, 2.24) is 0 Å². The van der Waals surface area contributed by atoms with E-state index in [0.29, 0.717) is 0 Å². The van der Waals surface area contributed by atoms with Gasteiger partial charge in [0.15, 0.2) is 0 Å². The van der Waals surface area contributed by atoms with E-state index in [1.807, 2.05) is 36.0 Å². The smallest absolute Gasteiger partial charge is 0.241 e. The van der Waals surface area contributed by atoms with Crippen LogP contribution in [0.2, 0.25) is 0 Å². The number of carbonyl (C=O) groups excluding carboxylic acids is 1. The molecule has 2 N–H and O–H groups in total. The third kappa shape index (κ3) is 4.00. The lowest BCUT2D eigenvalue weighted by Gasteiger charge is -2.04. The van der Waals surface area contributed by atoms with Crippen LogP contribution in [0.1, 0.15) is 12.5 Å². The summed E-state index contributed by atoms with van der Waals surface area (Å²) in [6, 6.07) is 16.6. The molecule has 0 unspecified atom stereocenters. The fourth-order valence-corrected chi connectivity index (χ4v) is 2.54. The van der Waals surface area contributed by atoms with E-state index in [4.69, 9.17) is 5.73 Å². The van der Waals surface area contributed by atoms with Crippen LogP contribution in [0.3, 0.4) is 0 Å². The largest absolute Gasteiger partial charge is 0.366 e. The maximum Gasteiger partial charge on any atom is 0.241 e. The molecule has 102 valence electrons. The fraction of sp³-hybridized carbons (Fsp3) is 0.118. The number of amides is 1. The Hall–Kier alpha value is -2.00. The normalized spacial score (nSPS) is 10.8. The zero-order valence-electron chi connectivity index (χ0n) is 11.4. The first-order chi connectivity index (χ1) is 9.69. The molecule has 0 fully saturated rings. The molecule has 0 aliphatic rings. The molecule has 0 bridgehead atoms. The van der Waals surface area contributed by atoms with Crippen molar-refractivity contribution >= 4 is 23.7 Å². The average molecular weight is 283 g/mol. The second-order valence-corrected chi connectivity index (χ2v) is 5.65. The molecule has 0 radical (unpaired) electrons.